The predicted octanol–water partition coefficient (Wildman–Crippen LogP) is 3.10. The third-order valence-corrected chi connectivity index (χ3v) is 3.11. The number of rotatable bonds is 1. The number of hydrogen-bond donors (Lipinski definition) is 0. The van der Waals surface area contributed by atoms with Crippen LogP contribution in [-0.2, 0) is 4.74 Å². The summed E-state index contributed by atoms with van der Waals surface area (Å²) in [5.41, 5.74) is 0.463. The third-order valence-electron chi connectivity index (χ3n) is 3.11. The fraction of sp³-hybridized carbons (Fsp3) is 1.00. The van der Waals surface area contributed by atoms with Gasteiger partial charge < -0.3 is 4.74 Å². The largest absolute Gasteiger partial charge is 0.381 e. The SMILES string of the molecule is CCC1COCCC1C(C)(C)C. The summed E-state index contributed by atoms with van der Waals surface area (Å²) in [6.45, 7) is 11.3. The monoisotopic (exact) mass is 170 g/mol. The molecule has 1 rings (SSSR count). The van der Waals surface area contributed by atoms with Gasteiger partial charge in [-0.15, -0.1) is 0 Å². The van der Waals surface area contributed by atoms with E-state index in [1.54, 1.807) is 0 Å². The quantitative estimate of drug-likeness (QED) is 0.587. The summed E-state index contributed by atoms with van der Waals surface area (Å²) in [5.74, 6) is 1.65. The van der Waals surface area contributed by atoms with E-state index in [2.05, 4.69) is 27.7 Å². The van der Waals surface area contributed by atoms with Gasteiger partial charge in [0, 0.05) is 13.2 Å². The maximum absolute atomic E-state index is 5.50. The van der Waals surface area contributed by atoms with Gasteiger partial charge >= 0.3 is 0 Å². The van der Waals surface area contributed by atoms with Gasteiger partial charge in [-0.05, 0) is 23.7 Å². The molecular formula is C11H22O. The first-order chi connectivity index (χ1) is 5.55. The van der Waals surface area contributed by atoms with Gasteiger partial charge in [0.25, 0.3) is 0 Å². The first-order valence-corrected chi connectivity index (χ1v) is 5.13. The first kappa shape index (κ1) is 10.0. The molecule has 1 heteroatoms. The Bertz CT molecular complexity index is 134. The van der Waals surface area contributed by atoms with E-state index in [0.717, 1.165) is 25.0 Å². The van der Waals surface area contributed by atoms with Crippen LogP contribution in [0.4, 0.5) is 0 Å². The Hall–Kier alpha value is -0.0400. The zero-order chi connectivity index (χ0) is 9.19. The molecule has 1 saturated heterocycles. The van der Waals surface area contributed by atoms with Crippen LogP contribution in [0, 0.1) is 17.3 Å². The molecule has 12 heavy (non-hydrogen) atoms. The van der Waals surface area contributed by atoms with Gasteiger partial charge in [0.05, 0.1) is 0 Å². The lowest BCUT2D eigenvalue weighted by atomic mass is 9.70. The lowest BCUT2D eigenvalue weighted by Crippen LogP contribution is -2.35. The van der Waals surface area contributed by atoms with Crippen LogP contribution in [0.25, 0.3) is 0 Å². The van der Waals surface area contributed by atoms with E-state index in [1.165, 1.54) is 12.8 Å². The summed E-state index contributed by atoms with van der Waals surface area (Å²) in [5, 5.41) is 0. The van der Waals surface area contributed by atoms with E-state index >= 15 is 0 Å². The molecule has 0 bridgehead atoms. The van der Waals surface area contributed by atoms with E-state index in [-0.39, 0.29) is 0 Å². The van der Waals surface area contributed by atoms with Crippen molar-refractivity contribution in [2.45, 2.75) is 40.5 Å². The molecule has 0 N–H and O–H groups in total. The van der Waals surface area contributed by atoms with E-state index in [1.807, 2.05) is 0 Å². The molecular weight excluding hydrogens is 148 g/mol. The van der Waals surface area contributed by atoms with Crippen molar-refractivity contribution in [1.29, 1.82) is 0 Å². The molecule has 1 heterocycles. The van der Waals surface area contributed by atoms with Gasteiger partial charge in [0.1, 0.15) is 0 Å². The highest BCUT2D eigenvalue weighted by Gasteiger charge is 2.33. The molecule has 0 aromatic carbocycles. The van der Waals surface area contributed by atoms with Crippen molar-refractivity contribution in [2.24, 2.45) is 17.3 Å². The maximum atomic E-state index is 5.50. The van der Waals surface area contributed by atoms with Crippen LogP contribution in [0.2, 0.25) is 0 Å². The number of ether oxygens (including phenoxy) is 1. The molecule has 1 fully saturated rings. The standard InChI is InChI=1S/C11H22O/c1-5-9-8-12-7-6-10(9)11(2,3)4/h9-10H,5-8H2,1-4H3. The van der Waals surface area contributed by atoms with Gasteiger partial charge in [-0.3, -0.25) is 0 Å². The van der Waals surface area contributed by atoms with E-state index < -0.39 is 0 Å². The maximum Gasteiger partial charge on any atom is 0.0497 e. The minimum atomic E-state index is 0.463. The zero-order valence-electron chi connectivity index (χ0n) is 8.89. The van der Waals surface area contributed by atoms with E-state index in [4.69, 9.17) is 4.74 Å². The van der Waals surface area contributed by atoms with E-state index in [9.17, 15) is 0 Å². The Morgan fingerprint density at radius 3 is 2.42 bits per heavy atom. The van der Waals surface area contributed by atoms with Gasteiger partial charge in [-0.2, -0.15) is 0 Å². The smallest absolute Gasteiger partial charge is 0.0497 e. The second-order valence-electron chi connectivity index (χ2n) is 5.00. The third kappa shape index (κ3) is 2.22. The van der Waals surface area contributed by atoms with Crippen LogP contribution in [0.1, 0.15) is 40.5 Å². The van der Waals surface area contributed by atoms with Crippen LogP contribution in [0.15, 0.2) is 0 Å². The predicted molar refractivity (Wildman–Crippen MR) is 52.2 cm³/mol. The van der Waals surface area contributed by atoms with Crippen LogP contribution >= 0.6 is 0 Å². The average Bonchev–Trinajstić information content (AvgIpc) is 2.03. The van der Waals surface area contributed by atoms with Crippen molar-refractivity contribution in [3.05, 3.63) is 0 Å². The highest BCUT2D eigenvalue weighted by Crippen LogP contribution is 2.38. The molecule has 0 aromatic rings. The molecule has 0 aromatic heterocycles. The van der Waals surface area contributed by atoms with Crippen molar-refractivity contribution >= 4 is 0 Å². The molecule has 1 aliphatic heterocycles. The Labute approximate surface area is 76.5 Å². The lowest BCUT2D eigenvalue weighted by Gasteiger charge is -2.40. The summed E-state index contributed by atoms with van der Waals surface area (Å²) in [7, 11) is 0. The Morgan fingerprint density at radius 1 is 1.33 bits per heavy atom. The van der Waals surface area contributed by atoms with Crippen LogP contribution in [-0.4, -0.2) is 13.2 Å². The molecule has 2 atom stereocenters. The minimum Gasteiger partial charge on any atom is -0.381 e. The van der Waals surface area contributed by atoms with Crippen LogP contribution in [0.3, 0.4) is 0 Å². The molecule has 0 amide bonds. The Morgan fingerprint density at radius 2 is 2.00 bits per heavy atom. The van der Waals surface area contributed by atoms with Crippen molar-refractivity contribution in [2.75, 3.05) is 13.2 Å². The molecule has 0 aliphatic carbocycles. The fourth-order valence-electron chi connectivity index (χ4n) is 2.34. The lowest BCUT2D eigenvalue weighted by molar-refractivity contribution is -0.0240. The average molecular weight is 170 g/mol. The first-order valence-electron chi connectivity index (χ1n) is 5.13. The summed E-state index contributed by atoms with van der Waals surface area (Å²) in [4.78, 5) is 0. The molecule has 0 saturated carbocycles. The van der Waals surface area contributed by atoms with Gasteiger partial charge in [0.15, 0.2) is 0 Å². The Kier molecular flexibility index (Phi) is 3.16. The van der Waals surface area contributed by atoms with E-state index in [0.29, 0.717) is 5.41 Å². The van der Waals surface area contributed by atoms with Crippen LogP contribution in [0.5, 0.6) is 0 Å². The van der Waals surface area contributed by atoms with Crippen LogP contribution < -0.4 is 0 Å². The van der Waals surface area contributed by atoms with Gasteiger partial charge in [-0.1, -0.05) is 34.1 Å². The van der Waals surface area contributed by atoms with Gasteiger partial charge in [0.2, 0.25) is 0 Å². The molecule has 1 nitrogen and oxygen atoms in total. The zero-order valence-corrected chi connectivity index (χ0v) is 8.89. The molecule has 0 spiro atoms. The fourth-order valence-corrected chi connectivity index (χ4v) is 2.34. The van der Waals surface area contributed by atoms with Crippen molar-refractivity contribution in [3.63, 3.8) is 0 Å². The van der Waals surface area contributed by atoms with Crippen molar-refractivity contribution < 1.29 is 4.74 Å². The number of hydrogen-bond acceptors (Lipinski definition) is 1. The topological polar surface area (TPSA) is 9.23 Å². The second-order valence-corrected chi connectivity index (χ2v) is 5.00. The summed E-state index contributed by atoms with van der Waals surface area (Å²) < 4.78 is 5.50. The van der Waals surface area contributed by atoms with Crippen molar-refractivity contribution in [3.8, 4) is 0 Å². The van der Waals surface area contributed by atoms with Gasteiger partial charge in [-0.25, -0.2) is 0 Å². The molecule has 1 aliphatic rings. The normalized spacial score (nSPS) is 32.0. The second kappa shape index (κ2) is 3.78. The molecule has 72 valence electrons. The highest BCUT2D eigenvalue weighted by molar-refractivity contribution is 4.82. The van der Waals surface area contributed by atoms with Crippen molar-refractivity contribution in [1.82, 2.24) is 0 Å². The summed E-state index contributed by atoms with van der Waals surface area (Å²) in [6.07, 6.45) is 2.52. The molecule has 0 radical (unpaired) electrons. The summed E-state index contributed by atoms with van der Waals surface area (Å²) in [6, 6.07) is 0. The minimum absolute atomic E-state index is 0.463. The highest BCUT2D eigenvalue weighted by atomic mass is 16.5. The summed E-state index contributed by atoms with van der Waals surface area (Å²) >= 11 is 0. The Balaban J connectivity index is 2.59. The molecule has 2 unspecified atom stereocenters.